The maximum atomic E-state index is 3.75. The van der Waals surface area contributed by atoms with E-state index in [0.717, 1.165) is 19.5 Å². The second-order valence-electron chi connectivity index (χ2n) is 6.51. The number of benzene rings is 2. The molecule has 1 saturated heterocycles. The first-order valence-corrected chi connectivity index (χ1v) is 8.32. The van der Waals surface area contributed by atoms with Crippen LogP contribution in [-0.4, -0.2) is 30.1 Å². The number of nitrogens with zero attached hydrogens (tertiary/aromatic N) is 1. The van der Waals surface area contributed by atoms with E-state index in [9.17, 15) is 0 Å². The van der Waals surface area contributed by atoms with E-state index in [2.05, 4.69) is 84.7 Å². The molecule has 2 heteroatoms. The molecule has 2 unspecified atom stereocenters. The molecule has 2 atom stereocenters. The number of hydrogen-bond acceptors (Lipinski definition) is 2. The fourth-order valence-corrected chi connectivity index (χ4v) is 3.44. The molecule has 22 heavy (non-hydrogen) atoms. The number of hydrogen-bond donors (Lipinski definition) is 1. The summed E-state index contributed by atoms with van der Waals surface area (Å²) in [5.41, 5.74) is 2.82. The molecule has 0 aromatic heterocycles. The van der Waals surface area contributed by atoms with Gasteiger partial charge in [-0.1, -0.05) is 60.7 Å². The van der Waals surface area contributed by atoms with Gasteiger partial charge in [0.25, 0.3) is 0 Å². The molecule has 0 spiro atoms. The third-order valence-electron chi connectivity index (χ3n) is 4.64. The number of nitrogens with one attached hydrogen (secondary N) is 1. The van der Waals surface area contributed by atoms with Crippen molar-refractivity contribution in [3.8, 4) is 0 Å². The van der Waals surface area contributed by atoms with Gasteiger partial charge in [0.1, 0.15) is 0 Å². The van der Waals surface area contributed by atoms with Crippen LogP contribution in [0, 0.1) is 0 Å². The van der Waals surface area contributed by atoms with Crippen molar-refractivity contribution < 1.29 is 0 Å². The van der Waals surface area contributed by atoms with Crippen molar-refractivity contribution in [3.63, 3.8) is 0 Å². The van der Waals surface area contributed by atoms with Crippen LogP contribution >= 0.6 is 0 Å². The normalized spacial score (nSPS) is 22.9. The molecule has 0 aliphatic carbocycles. The largest absolute Gasteiger partial charge is 0.307 e. The fourth-order valence-electron chi connectivity index (χ4n) is 3.44. The van der Waals surface area contributed by atoms with Gasteiger partial charge in [-0.3, -0.25) is 4.90 Å². The van der Waals surface area contributed by atoms with Gasteiger partial charge in [0, 0.05) is 31.2 Å². The third kappa shape index (κ3) is 3.57. The van der Waals surface area contributed by atoms with Crippen LogP contribution in [0.1, 0.15) is 31.0 Å². The van der Waals surface area contributed by atoms with Gasteiger partial charge in [-0.25, -0.2) is 0 Å². The van der Waals surface area contributed by atoms with Crippen molar-refractivity contribution in [2.45, 2.75) is 38.4 Å². The topological polar surface area (TPSA) is 15.3 Å². The van der Waals surface area contributed by atoms with Crippen molar-refractivity contribution in [3.05, 3.63) is 71.8 Å². The van der Waals surface area contributed by atoms with E-state index in [4.69, 9.17) is 0 Å². The Labute approximate surface area is 134 Å². The molecule has 1 heterocycles. The van der Waals surface area contributed by atoms with Crippen molar-refractivity contribution in [1.82, 2.24) is 10.2 Å². The molecule has 1 aliphatic heterocycles. The Morgan fingerprint density at radius 2 is 1.64 bits per heavy atom. The van der Waals surface area contributed by atoms with Crippen molar-refractivity contribution in [2.24, 2.45) is 0 Å². The van der Waals surface area contributed by atoms with Gasteiger partial charge < -0.3 is 5.32 Å². The lowest BCUT2D eigenvalue weighted by Crippen LogP contribution is -2.55. The summed E-state index contributed by atoms with van der Waals surface area (Å²) in [5, 5.41) is 3.75. The summed E-state index contributed by atoms with van der Waals surface area (Å²) in [6.07, 6.45) is 1.12. The Bertz CT molecular complexity index is 565. The van der Waals surface area contributed by atoms with Crippen LogP contribution < -0.4 is 5.32 Å². The molecule has 0 bridgehead atoms. The van der Waals surface area contributed by atoms with E-state index in [1.54, 1.807) is 0 Å². The van der Waals surface area contributed by atoms with Gasteiger partial charge in [0.15, 0.2) is 0 Å². The predicted octanol–water partition coefficient (Wildman–Crippen LogP) is 3.65. The first kappa shape index (κ1) is 15.3. The lowest BCUT2D eigenvalue weighted by molar-refractivity contribution is 0.0964. The highest BCUT2D eigenvalue weighted by Gasteiger charge is 2.30. The summed E-state index contributed by atoms with van der Waals surface area (Å²) in [7, 11) is 0. The smallest absolute Gasteiger partial charge is 0.0450 e. The van der Waals surface area contributed by atoms with E-state index in [1.807, 2.05) is 0 Å². The van der Waals surface area contributed by atoms with E-state index >= 15 is 0 Å². The Balaban J connectivity index is 1.72. The lowest BCUT2D eigenvalue weighted by Gasteiger charge is -2.43. The van der Waals surface area contributed by atoms with Crippen molar-refractivity contribution in [2.75, 3.05) is 13.1 Å². The van der Waals surface area contributed by atoms with Gasteiger partial charge in [0.05, 0.1) is 0 Å². The first-order chi connectivity index (χ1) is 10.7. The second kappa shape index (κ2) is 7.08. The Morgan fingerprint density at radius 3 is 2.27 bits per heavy atom. The van der Waals surface area contributed by atoms with Crippen molar-refractivity contribution in [1.29, 1.82) is 0 Å². The van der Waals surface area contributed by atoms with E-state index in [-0.39, 0.29) is 0 Å². The van der Waals surface area contributed by atoms with Crippen LogP contribution in [-0.2, 0) is 6.42 Å². The van der Waals surface area contributed by atoms with Crippen LogP contribution in [0.4, 0.5) is 0 Å². The number of rotatable bonds is 4. The zero-order valence-corrected chi connectivity index (χ0v) is 13.6. The monoisotopic (exact) mass is 294 g/mol. The summed E-state index contributed by atoms with van der Waals surface area (Å²) in [6, 6.07) is 23.2. The molecule has 1 aliphatic rings. The van der Waals surface area contributed by atoms with E-state index < -0.39 is 0 Å². The standard InChI is InChI=1S/C20H26N2/c1-16(2)22-15-20(18-11-7-4-8-12-18)21-14-19(22)13-17-9-5-3-6-10-17/h3-12,16,19-21H,13-15H2,1-2H3. The zero-order chi connectivity index (χ0) is 15.4. The quantitative estimate of drug-likeness (QED) is 0.926. The second-order valence-corrected chi connectivity index (χ2v) is 6.51. The molecule has 0 radical (unpaired) electrons. The summed E-state index contributed by atoms with van der Waals surface area (Å²) in [4.78, 5) is 2.65. The molecule has 2 aromatic rings. The minimum Gasteiger partial charge on any atom is -0.307 e. The Hall–Kier alpha value is -1.64. The van der Waals surface area contributed by atoms with Crippen molar-refractivity contribution >= 4 is 0 Å². The van der Waals surface area contributed by atoms with Gasteiger partial charge >= 0.3 is 0 Å². The van der Waals surface area contributed by atoms with Crippen LogP contribution in [0.25, 0.3) is 0 Å². The fraction of sp³-hybridized carbons (Fsp3) is 0.400. The van der Waals surface area contributed by atoms with E-state index in [1.165, 1.54) is 11.1 Å². The van der Waals surface area contributed by atoms with Crippen LogP contribution in [0.3, 0.4) is 0 Å². The highest BCUT2D eigenvalue weighted by Crippen LogP contribution is 2.23. The summed E-state index contributed by atoms with van der Waals surface area (Å²) in [6.45, 7) is 6.75. The molecular weight excluding hydrogens is 268 g/mol. The maximum Gasteiger partial charge on any atom is 0.0450 e. The van der Waals surface area contributed by atoms with Crippen LogP contribution in [0.2, 0.25) is 0 Å². The average Bonchev–Trinajstić information content (AvgIpc) is 2.57. The molecule has 0 saturated carbocycles. The Kier molecular flexibility index (Phi) is 4.91. The maximum absolute atomic E-state index is 3.75. The first-order valence-electron chi connectivity index (χ1n) is 8.32. The SMILES string of the molecule is CC(C)N1CC(c2ccccc2)NCC1Cc1ccccc1. The van der Waals surface area contributed by atoms with Crippen LogP contribution in [0.15, 0.2) is 60.7 Å². The highest BCUT2D eigenvalue weighted by atomic mass is 15.2. The van der Waals surface area contributed by atoms with Gasteiger partial charge in [-0.2, -0.15) is 0 Å². The molecule has 1 N–H and O–H groups in total. The summed E-state index contributed by atoms with van der Waals surface area (Å²) in [5.74, 6) is 0. The molecule has 2 aromatic carbocycles. The molecule has 116 valence electrons. The predicted molar refractivity (Wildman–Crippen MR) is 93.0 cm³/mol. The highest BCUT2D eigenvalue weighted by molar-refractivity contribution is 5.21. The van der Waals surface area contributed by atoms with Gasteiger partial charge in [-0.05, 0) is 31.4 Å². The van der Waals surface area contributed by atoms with E-state index in [0.29, 0.717) is 18.1 Å². The minimum absolute atomic E-state index is 0.440. The molecule has 3 rings (SSSR count). The average molecular weight is 294 g/mol. The molecule has 2 nitrogen and oxygen atoms in total. The third-order valence-corrected chi connectivity index (χ3v) is 4.64. The number of piperazine rings is 1. The zero-order valence-electron chi connectivity index (χ0n) is 13.6. The molecule has 0 amide bonds. The minimum atomic E-state index is 0.440. The molecular formula is C20H26N2. The van der Waals surface area contributed by atoms with Gasteiger partial charge in [-0.15, -0.1) is 0 Å². The summed E-state index contributed by atoms with van der Waals surface area (Å²) >= 11 is 0. The van der Waals surface area contributed by atoms with Crippen LogP contribution in [0.5, 0.6) is 0 Å². The Morgan fingerprint density at radius 1 is 1.00 bits per heavy atom. The molecule has 1 fully saturated rings. The summed E-state index contributed by atoms with van der Waals surface area (Å²) < 4.78 is 0. The van der Waals surface area contributed by atoms with Gasteiger partial charge in [0.2, 0.25) is 0 Å². The lowest BCUT2D eigenvalue weighted by atomic mass is 9.96.